The van der Waals surface area contributed by atoms with Crippen LogP contribution in [0.5, 0.6) is 5.75 Å². The molecule has 0 spiro atoms. The molecule has 2 aromatic rings. The number of amides is 2. The fourth-order valence-electron chi connectivity index (χ4n) is 1.83. The van der Waals surface area contributed by atoms with Gasteiger partial charge in [-0.15, -0.1) is 0 Å². The fraction of sp³-hybridized carbons (Fsp3) is 0.176. The highest BCUT2D eigenvalue weighted by atomic mass is 35.5. The van der Waals surface area contributed by atoms with Crippen LogP contribution in [0.3, 0.4) is 0 Å². The number of ether oxygens (including phenoxy) is 1. The number of anilines is 1. The van der Waals surface area contributed by atoms with E-state index in [9.17, 15) is 9.59 Å². The number of rotatable bonds is 7. The van der Waals surface area contributed by atoms with E-state index in [2.05, 4.69) is 16.2 Å². The third-order valence-corrected chi connectivity index (χ3v) is 3.87. The molecule has 0 fully saturated rings. The quantitative estimate of drug-likeness (QED) is 0.644. The molecule has 6 nitrogen and oxygen atoms in total. The molecule has 3 N–H and O–H groups in total. The summed E-state index contributed by atoms with van der Waals surface area (Å²) < 4.78 is 5.32. The monoisotopic (exact) mass is 381 g/mol. The summed E-state index contributed by atoms with van der Waals surface area (Å²) in [6.45, 7) is 1.38. The summed E-state index contributed by atoms with van der Waals surface area (Å²) in [4.78, 5) is 23.8. The van der Waals surface area contributed by atoms with Gasteiger partial charge in [0.1, 0.15) is 11.8 Å². The van der Waals surface area contributed by atoms with Gasteiger partial charge in [0.25, 0.3) is 11.8 Å². The molecule has 2 rings (SSSR count). The molecule has 1 unspecified atom stereocenters. The zero-order chi connectivity index (χ0) is 18.2. The largest absolute Gasteiger partial charge is 0.484 e. The third kappa shape index (κ3) is 6.17. The van der Waals surface area contributed by atoms with Crippen molar-refractivity contribution in [1.29, 1.82) is 0 Å². The molecule has 0 aromatic heterocycles. The van der Waals surface area contributed by atoms with Gasteiger partial charge < -0.3 is 10.1 Å². The molecule has 0 aliphatic heterocycles. The summed E-state index contributed by atoms with van der Waals surface area (Å²) in [5.41, 5.74) is 5.74. The summed E-state index contributed by atoms with van der Waals surface area (Å²) in [5, 5.41) is 3.32. The standard InChI is InChI=1S/C17H17Cl2N3O3/c1-11(20-16(23)10-25-13-5-3-2-4-6-13)17(24)22-21-12-7-8-14(18)15(19)9-12/h2-9,11,21H,10H2,1H3,(H,20,23)(H,22,24). The van der Waals surface area contributed by atoms with Crippen LogP contribution in [-0.4, -0.2) is 24.5 Å². The summed E-state index contributed by atoms with van der Waals surface area (Å²) in [6, 6.07) is 13.0. The van der Waals surface area contributed by atoms with E-state index in [1.807, 2.05) is 6.07 Å². The molecule has 0 aliphatic rings. The number of hydrogen-bond acceptors (Lipinski definition) is 4. The molecule has 2 aromatic carbocycles. The molecule has 0 saturated heterocycles. The minimum Gasteiger partial charge on any atom is -0.484 e. The van der Waals surface area contributed by atoms with Gasteiger partial charge in [-0.3, -0.25) is 20.4 Å². The topological polar surface area (TPSA) is 79.5 Å². The summed E-state index contributed by atoms with van der Waals surface area (Å²) in [5.74, 6) is -0.240. The van der Waals surface area contributed by atoms with Crippen molar-refractivity contribution in [1.82, 2.24) is 10.7 Å². The first kappa shape index (κ1) is 18.9. The lowest BCUT2D eigenvalue weighted by Crippen LogP contribution is -2.47. The molecule has 0 bridgehead atoms. The lowest BCUT2D eigenvalue weighted by Gasteiger charge is -2.15. The highest BCUT2D eigenvalue weighted by molar-refractivity contribution is 6.42. The average molecular weight is 382 g/mol. The molecule has 0 saturated carbocycles. The van der Waals surface area contributed by atoms with Gasteiger partial charge in [0.2, 0.25) is 0 Å². The minimum atomic E-state index is -0.748. The molecule has 0 radical (unpaired) electrons. The second kappa shape index (κ2) is 9.15. The van der Waals surface area contributed by atoms with E-state index in [-0.39, 0.29) is 6.61 Å². The number of benzene rings is 2. The zero-order valence-electron chi connectivity index (χ0n) is 13.4. The van der Waals surface area contributed by atoms with Crippen LogP contribution in [-0.2, 0) is 9.59 Å². The maximum atomic E-state index is 12.0. The van der Waals surface area contributed by atoms with Crippen molar-refractivity contribution in [3.63, 3.8) is 0 Å². The number of nitrogens with one attached hydrogen (secondary N) is 3. The van der Waals surface area contributed by atoms with Crippen LogP contribution >= 0.6 is 23.2 Å². The first-order chi connectivity index (χ1) is 12.0. The Balaban J connectivity index is 1.75. The van der Waals surface area contributed by atoms with Crippen LogP contribution in [0, 0.1) is 0 Å². The van der Waals surface area contributed by atoms with Crippen LogP contribution in [0.25, 0.3) is 0 Å². The van der Waals surface area contributed by atoms with E-state index < -0.39 is 17.9 Å². The van der Waals surface area contributed by atoms with Gasteiger partial charge in [0.05, 0.1) is 15.7 Å². The molecular formula is C17H17Cl2N3O3. The van der Waals surface area contributed by atoms with Crippen molar-refractivity contribution in [2.45, 2.75) is 13.0 Å². The van der Waals surface area contributed by atoms with Crippen LogP contribution in [0.2, 0.25) is 10.0 Å². The molecule has 25 heavy (non-hydrogen) atoms. The average Bonchev–Trinajstić information content (AvgIpc) is 2.61. The van der Waals surface area contributed by atoms with Crippen LogP contribution in [0.15, 0.2) is 48.5 Å². The second-order valence-electron chi connectivity index (χ2n) is 5.13. The Morgan fingerprint density at radius 2 is 1.80 bits per heavy atom. The highest BCUT2D eigenvalue weighted by Gasteiger charge is 2.15. The van der Waals surface area contributed by atoms with Crippen molar-refractivity contribution < 1.29 is 14.3 Å². The zero-order valence-corrected chi connectivity index (χ0v) is 14.9. The number of carbonyl (C=O) groups excluding carboxylic acids is 2. The fourth-order valence-corrected chi connectivity index (χ4v) is 2.13. The Kier molecular flexibility index (Phi) is 6.91. The summed E-state index contributed by atoms with van der Waals surface area (Å²) in [7, 11) is 0. The van der Waals surface area contributed by atoms with Crippen molar-refractivity contribution in [2.75, 3.05) is 12.0 Å². The number of carbonyl (C=O) groups is 2. The number of halogens is 2. The number of para-hydroxylation sites is 1. The maximum absolute atomic E-state index is 12.0. The van der Waals surface area contributed by atoms with Gasteiger partial charge in [-0.2, -0.15) is 0 Å². The SMILES string of the molecule is CC(NC(=O)COc1ccccc1)C(=O)NNc1ccc(Cl)c(Cl)c1. The Hall–Kier alpha value is -2.44. The Bertz CT molecular complexity index is 741. The van der Waals surface area contributed by atoms with Gasteiger partial charge in [-0.05, 0) is 37.3 Å². The summed E-state index contributed by atoms with van der Waals surface area (Å²) in [6.07, 6.45) is 0. The van der Waals surface area contributed by atoms with Gasteiger partial charge in [-0.1, -0.05) is 41.4 Å². The number of hydrazine groups is 1. The Morgan fingerprint density at radius 1 is 1.08 bits per heavy atom. The third-order valence-electron chi connectivity index (χ3n) is 3.13. The molecule has 0 aliphatic carbocycles. The summed E-state index contributed by atoms with van der Waals surface area (Å²) >= 11 is 11.7. The van der Waals surface area contributed by atoms with Gasteiger partial charge in [0.15, 0.2) is 6.61 Å². The van der Waals surface area contributed by atoms with E-state index in [0.29, 0.717) is 21.5 Å². The van der Waals surface area contributed by atoms with E-state index in [0.717, 1.165) is 0 Å². The van der Waals surface area contributed by atoms with Gasteiger partial charge in [0, 0.05) is 0 Å². The molecule has 132 valence electrons. The normalized spacial score (nSPS) is 11.3. The molecular weight excluding hydrogens is 365 g/mol. The predicted molar refractivity (Wildman–Crippen MR) is 97.8 cm³/mol. The van der Waals surface area contributed by atoms with Crippen LogP contribution in [0.4, 0.5) is 5.69 Å². The van der Waals surface area contributed by atoms with Crippen molar-refractivity contribution >= 4 is 40.7 Å². The van der Waals surface area contributed by atoms with E-state index in [1.165, 1.54) is 0 Å². The van der Waals surface area contributed by atoms with Gasteiger partial charge >= 0.3 is 0 Å². The number of hydrogen-bond donors (Lipinski definition) is 3. The van der Waals surface area contributed by atoms with E-state index >= 15 is 0 Å². The smallest absolute Gasteiger partial charge is 0.260 e. The highest BCUT2D eigenvalue weighted by Crippen LogP contribution is 2.24. The molecule has 2 amide bonds. The molecule has 1 atom stereocenters. The Labute approximate surface area is 155 Å². The lowest BCUT2D eigenvalue weighted by atomic mass is 10.3. The lowest BCUT2D eigenvalue weighted by molar-refractivity contribution is -0.129. The van der Waals surface area contributed by atoms with Crippen LogP contribution in [0.1, 0.15) is 6.92 Å². The minimum absolute atomic E-state index is 0.179. The Morgan fingerprint density at radius 3 is 2.48 bits per heavy atom. The molecule has 8 heteroatoms. The first-order valence-electron chi connectivity index (χ1n) is 7.44. The van der Waals surface area contributed by atoms with Crippen molar-refractivity contribution in [3.05, 3.63) is 58.6 Å². The maximum Gasteiger partial charge on any atom is 0.260 e. The molecule has 0 heterocycles. The van der Waals surface area contributed by atoms with Gasteiger partial charge in [-0.25, -0.2) is 0 Å². The predicted octanol–water partition coefficient (Wildman–Crippen LogP) is 3.02. The van der Waals surface area contributed by atoms with Crippen molar-refractivity contribution in [3.8, 4) is 5.75 Å². The van der Waals surface area contributed by atoms with E-state index in [1.54, 1.807) is 49.4 Å². The van der Waals surface area contributed by atoms with E-state index in [4.69, 9.17) is 27.9 Å². The van der Waals surface area contributed by atoms with Crippen molar-refractivity contribution in [2.24, 2.45) is 0 Å². The van der Waals surface area contributed by atoms with Crippen LogP contribution < -0.4 is 20.9 Å². The second-order valence-corrected chi connectivity index (χ2v) is 5.95. The first-order valence-corrected chi connectivity index (χ1v) is 8.19.